The first-order valence-corrected chi connectivity index (χ1v) is 5.95. The Morgan fingerprint density at radius 3 is 2.94 bits per heavy atom. The van der Waals surface area contributed by atoms with Crippen molar-refractivity contribution in [1.29, 1.82) is 0 Å². The van der Waals surface area contributed by atoms with Crippen LogP contribution in [0.2, 0.25) is 0 Å². The van der Waals surface area contributed by atoms with Gasteiger partial charge in [0.25, 0.3) is 5.89 Å². The van der Waals surface area contributed by atoms with E-state index in [4.69, 9.17) is 4.52 Å². The van der Waals surface area contributed by atoms with E-state index in [9.17, 15) is 0 Å². The van der Waals surface area contributed by atoms with E-state index in [1.54, 1.807) is 0 Å². The van der Waals surface area contributed by atoms with Crippen LogP contribution in [-0.2, 0) is 0 Å². The van der Waals surface area contributed by atoms with E-state index in [1.807, 2.05) is 0 Å². The third-order valence-corrected chi connectivity index (χ3v) is 3.45. The van der Waals surface area contributed by atoms with Gasteiger partial charge in [-0.2, -0.15) is 4.98 Å². The number of aromatic nitrogens is 2. The maximum Gasteiger partial charge on any atom is 0.255 e. The third kappa shape index (κ3) is 1.78. The van der Waals surface area contributed by atoms with Crippen molar-refractivity contribution >= 4 is 5.57 Å². The Labute approximate surface area is 95.3 Å². The molecule has 4 nitrogen and oxygen atoms in total. The Hall–Kier alpha value is -1.16. The van der Waals surface area contributed by atoms with Crippen molar-refractivity contribution in [2.24, 2.45) is 0 Å². The highest BCUT2D eigenvalue weighted by molar-refractivity contribution is 5.64. The van der Waals surface area contributed by atoms with Crippen LogP contribution in [0, 0.1) is 0 Å². The lowest BCUT2D eigenvalue weighted by molar-refractivity contribution is 0.351. The van der Waals surface area contributed by atoms with E-state index in [1.165, 1.54) is 24.0 Å². The van der Waals surface area contributed by atoms with Gasteiger partial charge in [0.15, 0.2) is 5.82 Å². The summed E-state index contributed by atoms with van der Waals surface area (Å²) < 4.78 is 5.38. The van der Waals surface area contributed by atoms with Gasteiger partial charge in [-0.05, 0) is 33.2 Å². The van der Waals surface area contributed by atoms with Crippen LogP contribution >= 0.6 is 0 Å². The van der Waals surface area contributed by atoms with Gasteiger partial charge in [-0.3, -0.25) is 0 Å². The highest BCUT2D eigenvalue weighted by Gasteiger charge is 2.30. The molecular weight excluding hydrogens is 202 g/mol. The summed E-state index contributed by atoms with van der Waals surface area (Å²) in [5, 5.41) is 4.07. The molecule has 1 fully saturated rings. The summed E-state index contributed by atoms with van der Waals surface area (Å²) in [5.74, 6) is 2.22. The Kier molecular flexibility index (Phi) is 2.32. The maximum atomic E-state index is 5.38. The summed E-state index contributed by atoms with van der Waals surface area (Å²) >= 11 is 0. The number of rotatable bonds is 2. The zero-order chi connectivity index (χ0) is 11.1. The second kappa shape index (κ2) is 3.70. The van der Waals surface area contributed by atoms with Gasteiger partial charge >= 0.3 is 0 Å². The van der Waals surface area contributed by atoms with Gasteiger partial charge in [0, 0.05) is 24.6 Å². The monoisotopic (exact) mass is 219 g/mol. The molecule has 4 heteroatoms. The van der Waals surface area contributed by atoms with Crippen molar-refractivity contribution in [1.82, 2.24) is 15.0 Å². The molecule has 2 aliphatic rings. The topological polar surface area (TPSA) is 42.2 Å². The quantitative estimate of drug-likeness (QED) is 0.763. The van der Waals surface area contributed by atoms with E-state index in [2.05, 4.69) is 29.0 Å². The van der Waals surface area contributed by atoms with Gasteiger partial charge in [-0.15, -0.1) is 0 Å². The van der Waals surface area contributed by atoms with Crippen molar-refractivity contribution in [3.63, 3.8) is 0 Å². The van der Waals surface area contributed by atoms with Gasteiger partial charge in [0.05, 0.1) is 0 Å². The minimum Gasteiger partial charge on any atom is -0.334 e. The normalized spacial score (nSPS) is 22.9. The molecule has 0 bridgehead atoms. The molecular formula is C12H17N3O. The highest BCUT2D eigenvalue weighted by atomic mass is 16.5. The fourth-order valence-electron chi connectivity index (χ4n) is 2.11. The predicted octanol–water partition coefficient (Wildman–Crippen LogP) is 2.06. The van der Waals surface area contributed by atoms with Crippen molar-refractivity contribution < 1.29 is 4.52 Å². The fourth-order valence-corrected chi connectivity index (χ4v) is 2.11. The zero-order valence-electron chi connectivity index (χ0n) is 9.86. The van der Waals surface area contributed by atoms with Crippen LogP contribution in [0.3, 0.4) is 0 Å². The zero-order valence-corrected chi connectivity index (χ0v) is 9.86. The van der Waals surface area contributed by atoms with Crippen molar-refractivity contribution in [2.75, 3.05) is 20.1 Å². The maximum absolute atomic E-state index is 5.38. The number of hydrogen-bond donors (Lipinski definition) is 0. The van der Waals surface area contributed by atoms with Gasteiger partial charge in [0.1, 0.15) is 0 Å². The molecule has 1 aliphatic carbocycles. The minimum absolute atomic E-state index is 0.569. The second-order valence-electron chi connectivity index (χ2n) is 4.98. The largest absolute Gasteiger partial charge is 0.334 e. The molecule has 0 radical (unpaired) electrons. The molecule has 3 rings (SSSR count). The SMILES string of the molecule is CC1=C(c2nc(C3CC3)no2)CN(C)CC1. The molecule has 1 aromatic heterocycles. The van der Waals surface area contributed by atoms with Crippen LogP contribution < -0.4 is 0 Å². The van der Waals surface area contributed by atoms with Crippen LogP contribution in [0.15, 0.2) is 10.1 Å². The van der Waals surface area contributed by atoms with E-state index < -0.39 is 0 Å². The molecule has 0 saturated heterocycles. The van der Waals surface area contributed by atoms with E-state index in [0.29, 0.717) is 5.92 Å². The Morgan fingerprint density at radius 1 is 1.38 bits per heavy atom. The lowest BCUT2D eigenvalue weighted by atomic mass is 10.0. The van der Waals surface area contributed by atoms with Crippen LogP contribution in [0.25, 0.3) is 5.57 Å². The standard InChI is InChI=1S/C12H17N3O/c1-8-5-6-15(2)7-10(8)12-13-11(14-16-12)9-3-4-9/h9H,3-7H2,1-2H3. The molecule has 0 unspecified atom stereocenters. The molecule has 16 heavy (non-hydrogen) atoms. The van der Waals surface area contributed by atoms with Crippen LogP contribution in [-0.4, -0.2) is 35.2 Å². The van der Waals surface area contributed by atoms with E-state index >= 15 is 0 Å². The minimum atomic E-state index is 0.569. The van der Waals surface area contributed by atoms with Crippen LogP contribution in [0.1, 0.15) is 43.8 Å². The molecule has 0 amide bonds. The van der Waals surface area contributed by atoms with Crippen molar-refractivity contribution in [3.8, 4) is 0 Å². The summed E-state index contributed by atoms with van der Waals surface area (Å²) in [6, 6.07) is 0. The lowest BCUT2D eigenvalue weighted by Crippen LogP contribution is -2.26. The van der Waals surface area contributed by atoms with Gasteiger partial charge in [0.2, 0.25) is 0 Å². The predicted molar refractivity (Wildman–Crippen MR) is 61.0 cm³/mol. The van der Waals surface area contributed by atoms with Crippen LogP contribution in [0.4, 0.5) is 0 Å². The first kappa shape index (κ1) is 10.0. The van der Waals surface area contributed by atoms with Gasteiger partial charge in [-0.25, -0.2) is 0 Å². The number of hydrogen-bond acceptors (Lipinski definition) is 4. The molecule has 1 saturated carbocycles. The molecule has 0 aromatic carbocycles. The number of likely N-dealkylation sites (N-methyl/N-ethyl adjacent to an activating group) is 1. The van der Waals surface area contributed by atoms with Crippen molar-refractivity contribution in [2.45, 2.75) is 32.1 Å². The third-order valence-electron chi connectivity index (χ3n) is 3.45. The van der Waals surface area contributed by atoms with Crippen LogP contribution in [0.5, 0.6) is 0 Å². The molecule has 1 aliphatic heterocycles. The van der Waals surface area contributed by atoms with E-state index in [0.717, 1.165) is 31.2 Å². The molecule has 2 heterocycles. The Balaban J connectivity index is 1.89. The van der Waals surface area contributed by atoms with Gasteiger partial charge < -0.3 is 9.42 Å². The molecule has 0 atom stereocenters. The van der Waals surface area contributed by atoms with Crippen molar-refractivity contribution in [3.05, 3.63) is 17.3 Å². The molecule has 0 N–H and O–H groups in total. The summed E-state index contributed by atoms with van der Waals surface area (Å²) in [4.78, 5) is 6.81. The summed E-state index contributed by atoms with van der Waals surface area (Å²) in [7, 11) is 2.13. The van der Waals surface area contributed by atoms with E-state index in [-0.39, 0.29) is 0 Å². The summed E-state index contributed by atoms with van der Waals surface area (Å²) in [5.41, 5.74) is 2.62. The number of nitrogens with zero attached hydrogens (tertiary/aromatic N) is 3. The second-order valence-corrected chi connectivity index (χ2v) is 4.98. The Bertz CT molecular complexity index is 431. The molecule has 0 spiro atoms. The first-order chi connectivity index (χ1) is 7.74. The lowest BCUT2D eigenvalue weighted by Gasteiger charge is -2.24. The average Bonchev–Trinajstić information content (AvgIpc) is 3.01. The Morgan fingerprint density at radius 2 is 2.19 bits per heavy atom. The summed E-state index contributed by atoms with van der Waals surface area (Å²) in [6.45, 7) is 4.22. The fraction of sp³-hybridized carbons (Fsp3) is 0.667. The summed E-state index contributed by atoms with van der Waals surface area (Å²) in [6.07, 6.45) is 3.54. The molecule has 86 valence electrons. The first-order valence-electron chi connectivity index (χ1n) is 5.95. The van der Waals surface area contributed by atoms with Gasteiger partial charge in [-0.1, -0.05) is 10.7 Å². The average molecular weight is 219 g/mol. The highest BCUT2D eigenvalue weighted by Crippen LogP contribution is 2.38. The smallest absolute Gasteiger partial charge is 0.255 e. The molecule has 1 aromatic rings.